The molecule has 2 heterocycles. The highest BCUT2D eigenvalue weighted by Crippen LogP contribution is 2.46. The molecule has 2 atom stereocenters. The van der Waals surface area contributed by atoms with Gasteiger partial charge in [-0.1, -0.05) is 0 Å². The van der Waals surface area contributed by atoms with Gasteiger partial charge in [-0.05, 0) is 25.0 Å². The van der Waals surface area contributed by atoms with Gasteiger partial charge < -0.3 is 19.3 Å². The third-order valence-electron chi connectivity index (χ3n) is 4.24. The summed E-state index contributed by atoms with van der Waals surface area (Å²) in [6.45, 7) is 0. The van der Waals surface area contributed by atoms with Gasteiger partial charge in [0.1, 0.15) is 11.5 Å². The first-order valence-corrected chi connectivity index (χ1v) is 6.75. The monoisotopic (exact) mass is 264 g/mol. The lowest BCUT2D eigenvalue weighted by atomic mass is 9.83. The summed E-state index contributed by atoms with van der Waals surface area (Å²) in [7, 11) is 3.24. The van der Waals surface area contributed by atoms with Gasteiger partial charge in [0.15, 0.2) is 0 Å². The zero-order valence-corrected chi connectivity index (χ0v) is 11.4. The normalized spacial score (nSPS) is 33.2. The van der Waals surface area contributed by atoms with Gasteiger partial charge in [0.2, 0.25) is 0 Å². The van der Waals surface area contributed by atoms with Crippen LogP contribution in [0.15, 0.2) is 18.2 Å². The molecule has 104 valence electrons. The Kier molecular flexibility index (Phi) is 3.15. The molecule has 1 aromatic carbocycles. The van der Waals surface area contributed by atoms with Crippen molar-refractivity contribution in [2.75, 3.05) is 14.2 Å². The van der Waals surface area contributed by atoms with Crippen LogP contribution in [0.25, 0.3) is 0 Å². The van der Waals surface area contributed by atoms with E-state index in [2.05, 4.69) is 0 Å². The summed E-state index contributed by atoms with van der Waals surface area (Å²) in [6.07, 6.45) is 3.74. The van der Waals surface area contributed by atoms with Gasteiger partial charge in [0, 0.05) is 24.5 Å². The first-order chi connectivity index (χ1) is 9.14. The number of ether oxygens (including phenoxy) is 3. The number of fused-ring (bicyclic) bond motifs is 2. The maximum atomic E-state index is 11.0. The molecule has 2 fully saturated rings. The minimum absolute atomic E-state index is 0.176. The van der Waals surface area contributed by atoms with Crippen molar-refractivity contribution in [2.45, 2.75) is 43.5 Å². The van der Waals surface area contributed by atoms with Crippen LogP contribution in [0.5, 0.6) is 11.5 Å². The Balaban J connectivity index is 1.96. The Hall–Kier alpha value is -1.26. The molecule has 2 bridgehead atoms. The second-order valence-corrected chi connectivity index (χ2v) is 5.46. The van der Waals surface area contributed by atoms with Crippen LogP contribution in [0.3, 0.4) is 0 Å². The molecule has 0 saturated carbocycles. The van der Waals surface area contributed by atoms with Crippen molar-refractivity contribution in [2.24, 2.45) is 0 Å². The summed E-state index contributed by atoms with van der Waals surface area (Å²) < 4.78 is 16.4. The maximum Gasteiger partial charge on any atom is 0.128 e. The van der Waals surface area contributed by atoms with Crippen LogP contribution < -0.4 is 9.47 Å². The van der Waals surface area contributed by atoms with Gasteiger partial charge in [-0.3, -0.25) is 0 Å². The SMILES string of the molecule is COc1ccc(C2(O)CC3CCC(C2)O3)c(OC)c1. The van der Waals surface area contributed by atoms with Crippen molar-refractivity contribution in [1.82, 2.24) is 0 Å². The van der Waals surface area contributed by atoms with E-state index in [0.717, 1.165) is 24.2 Å². The number of hydrogen-bond donors (Lipinski definition) is 1. The van der Waals surface area contributed by atoms with E-state index < -0.39 is 5.60 Å². The maximum absolute atomic E-state index is 11.0. The van der Waals surface area contributed by atoms with Crippen LogP contribution in [0.4, 0.5) is 0 Å². The van der Waals surface area contributed by atoms with Crippen molar-refractivity contribution in [3.05, 3.63) is 23.8 Å². The van der Waals surface area contributed by atoms with Crippen molar-refractivity contribution < 1.29 is 19.3 Å². The molecule has 1 aromatic rings. The number of aliphatic hydroxyl groups is 1. The topological polar surface area (TPSA) is 47.9 Å². The largest absolute Gasteiger partial charge is 0.497 e. The van der Waals surface area contributed by atoms with Gasteiger partial charge in [0.05, 0.1) is 32.0 Å². The van der Waals surface area contributed by atoms with E-state index in [0.29, 0.717) is 18.6 Å². The third kappa shape index (κ3) is 2.19. The summed E-state index contributed by atoms with van der Waals surface area (Å²) >= 11 is 0. The molecule has 0 radical (unpaired) electrons. The highest BCUT2D eigenvalue weighted by molar-refractivity contribution is 5.44. The Bertz CT molecular complexity index is 459. The van der Waals surface area contributed by atoms with E-state index in [-0.39, 0.29) is 12.2 Å². The zero-order chi connectivity index (χ0) is 13.5. The van der Waals surface area contributed by atoms with E-state index in [1.807, 2.05) is 18.2 Å². The molecular weight excluding hydrogens is 244 g/mol. The molecule has 1 N–H and O–H groups in total. The first kappa shape index (κ1) is 12.8. The highest BCUT2D eigenvalue weighted by Gasteiger charge is 2.45. The lowest BCUT2D eigenvalue weighted by Crippen LogP contribution is -2.38. The number of rotatable bonds is 3. The van der Waals surface area contributed by atoms with Crippen molar-refractivity contribution in [3.63, 3.8) is 0 Å². The first-order valence-electron chi connectivity index (χ1n) is 6.75. The van der Waals surface area contributed by atoms with Crippen molar-refractivity contribution >= 4 is 0 Å². The Morgan fingerprint density at radius 3 is 2.42 bits per heavy atom. The predicted molar refractivity (Wildman–Crippen MR) is 70.6 cm³/mol. The second-order valence-electron chi connectivity index (χ2n) is 5.46. The molecule has 4 heteroatoms. The minimum atomic E-state index is -0.846. The smallest absolute Gasteiger partial charge is 0.128 e. The number of hydrogen-bond acceptors (Lipinski definition) is 4. The minimum Gasteiger partial charge on any atom is -0.497 e. The summed E-state index contributed by atoms with van der Waals surface area (Å²) in [5, 5.41) is 11.0. The molecule has 0 aromatic heterocycles. The van der Waals surface area contributed by atoms with Crippen molar-refractivity contribution in [1.29, 1.82) is 0 Å². The third-order valence-corrected chi connectivity index (χ3v) is 4.24. The molecule has 2 aliphatic rings. The predicted octanol–water partition coefficient (Wildman–Crippen LogP) is 2.23. The van der Waals surface area contributed by atoms with E-state index in [9.17, 15) is 5.11 Å². The lowest BCUT2D eigenvalue weighted by molar-refractivity contribution is -0.116. The van der Waals surface area contributed by atoms with E-state index in [1.54, 1.807) is 14.2 Å². The van der Waals surface area contributed by atoms with Crippen LogP contribution >= 0.6 is 0 Å². The van der Waals surface area contributed by atoms with E-state index in [1.165, 1.54) is 0 Å². The number of methoxy groups -OCH3 is 2. The molecule has 0 aliphatic carbocycles. The fraction of sp³-hybridized carbons (Fsp3) is 0.600. The molecule has 2 saturated heterocycles. The second kappa shape index (κ2) is 4.69. The van der Waals surface area contributed by atoms with Crippen LogP contribution in [-0.4, -0.2) is 31.5 Å². The van der Waals surface area contributed by atoms with Crippen LogP contribution in [0, 0.1) is 0 Å². The Labute approximate surface area is 113 Å². The fourth-order valence-electron chi connectivity index (χ4n) is 3.32. The molecular formula is C15H20O4. The Morgan fingerprint density at radius 2 is 1.84 bits per heavy atom. The molecule has 19 heavy (non-hydrogen) atoms. The van der Waals surface area contributed by atoms with Gasteiger partial charge in [-0.15, -0.1) is 0 Å². The quantitative estimate of drug-likeness (QED) is 0.909. The van der Waals surface area contributed by atoms with E-state index >= 15 is 0 Å². The van der Waals surface area contributed by atoms with Gasteiger partial charge in [0.25, 0.3) is 0 Å². The molecule has 4 nitrogen and oxygen atoms in total. The molecule has 2 unspecified atom stereocenters. The van der Waals surface area contributed by atoms with E-state index in [4.69, 9.17) is 14.2 Å². The molecule has 0 amide bonds. The zero-order valence-electron chi connectivity index (χ0n) is 11.4. The summed E-state index contributed by atoms with van der Waals surface area (Å²) in [4.78, 5) is 0. The van der Waals surface area contributed by atoms with Crippen LogP contribution in [-0.2, 0) is 10.3 Å². The van der Waals surface area contributed by atoms with Gasteiger partial charge in [-0.2, -0.15) is 0 Å². The van der Waals surface area contributed by atoms with Gasteiger partial charge >= 0.3 is 0 Å². The van der Waals surface area contributed by atoms with Crippen LogP contribution in [0.1, 0.15) is 31.2 Å². The van der Waals surface area contributed by atoms with Crippen molar-refractivity contribution in [3.8, 4) is 11.5 Å². The standard InChI is InChI=1S/C15H20O4/c1-17-10-5-6-13(14(7-10)18-2)15(16)8-11-3-4-12(9-15)19-11/h5-7,11-12,16H,3-4,8-9H2,1-2H3. The average molecular weight is 264 g/mol. The lowest BCUT2D eigenvalue weighted by Gasteiger charge is -2.37. The summed E-state index contributed by atoms with van der Waals surface area (Å²) in [5.41, 5.74) is -0.00202. The summed E-state index contributed by atoms with van der Waals surface area (Å²) in [5.74, 6) is 1.42. The van der Waals surface area contributed by atoms with Gasteiger partial charge in [-0.25, -0.2) is 0 Å². The van der Waals surface area contributed by atoms with Crippen LogP contribution in [0.2, 0.25) is 0 Å². The average Bonchev–Trinajstić information content (AvgIpc) is 2.77. The fourth-order valence-corrected chi connectivity index (χ4v) is 3.32. The Morgan fingerprint density at radius 1 is 1.16 bits per heavy atom. The number of benzene rings is 1. The molecule has 3 rings (SSSR count). The summed E-state index contributed by atoms with van der Waals surface area (Å²) in [6, 6.07) is 5.60. The molecule has 2 aliphatic heterocycles. The molecule has 0 spiro atoms. The highest BCUT2D eigenvalue weighted by atomic mass is 16.5.